The number of amides is 1. The minimum atomic E-state index is -0.452. The van der Waals surface area contributed by atoms with Gasteiger partial charge in [-0.3, -0.25) is 9.48 Å². The molecule has 2 aromatic carbocycles. The molecule has 6 nitrogen and oxygen atoms in total. The molecule has 0 N–H and O–H groups in total. The van der Waals surface area contributed by atoms with Crippen LogP contribution in [0.5, 0.6) is 0 Å². The molecule has 1 amide bonds. The van der Waals surface area contributed by atoms with Crippen molar-refractivity contribution in [3.63, 3.8) is 0 Å². The molecule has 4 rings (SSSR count). The van der Waals surface area contributed by atoms with Crippen LogP contribution in [0, 0.1) is 13.8 Å². The van der Waals surface area contributed by atoms with Crippen LogP contribution in [0.1, 0.15) is 11.1 Å². The quantitative estimate of drug-likeness (QED) is 0.524. The third-order valence-corrected chi connectivity index (χ3v) is 4.70. The van der Waals surface area contributed by atoms with Gasteiger partial charge >= 0.3 is 5.63 Å². The predicted octanol–water partition coefficient (Wildman–Crippen LogP) is 3.42. The van der Waals surface area contributed by atoms with Gasteiger partial charge in [0, 0.05) is 18.1 Å². The molecule has 0 radical (unpaired) electrons. The first-order valence-corrected chi connectivity index (χ1v) is 8.66. The molecule has 0 spiro atoms. The number of aryl methyl sites for hydroxylation is 2. The maximum absolute atomic E-state index is 12.8. The van der Waals surface area contributed by atoms with Gasteiger partial charge in [-0.05, 0) is 43.7 Å². The maximum atomic E-state index is 12.8. The van der Waals surface area contributed by atoms with Gasteiger partial charge in [0.15, 0.2) is 0 Å². The van der Waals surface area contributed by atoms with Gasteiger partial charge in [0.05, 0.1) is 11.7 Å². The van der Waals surface area contributed by atoms with Gasteiger partial charge in [-0.15, -0.1) is 0 Å². The van der Waals surface area contributed by atoms with Crippen molar-refractivity contribution in [3.8, 4) is 0 Å². The zero-order valence-electron chi connectivity index (χ0n) is 15.4. The van der Waals surface area contributed by atoms with E-state index in [4.69, 9.17) is 4.42 Å². The SMILES string of the molecule is Cc1cccc(N(C)C(=O)Cn2ncc3c(=O)oc4ccc(C)cc4c32)c1. The van der Waals surface area contributed by atoms with E-state index in [0.717, 1.165) is 22.2 Å². The second-order valence-electron chi connectivity index (χ2n) is 6.75. The number of rotatable bonds is 3. The smallest absolute Gasteiger partial charge is 0.347 e. The molecule has 0 aliphatic heterocycles. The van der Waals surface area contributed by atoms with Crippen molar-refractivity contribution in [2.75, 3.05) is 11.9 Å². The fourth-order valence-corrected chi connectivity index (χ4v) is 3.23. The molecule has 4 aromatic rings. The van der Waals surface area contributed by atoms with E-state index in [1.165, 1.54) is 6.20 Å². The molecule has 0 unspecified atom stereocenters. The zero-order valence-corrected chi connectivity index (χ0v) is 15.4. The lowest BCUT2D eigenvalue weighted by Gasteiger charge is -2.18. The number of carbonyl (C=O) groups excluding carboxylic acids is 1. The van der Waals surface area contributed by atoms with E-state index < -0.39 is 5.63 Å². The van der Waals surface area contributed by atoms with Gasteiger partial charge < -0.3 is 9.32 Å². The van der Waals surface area contributed by atoms with Crippen LogP contribution in [0.3, 0.4) is 0 Å². The first-order chi connectivity index (χ1) is 12.9. The standard InChI is InChI=1S/C21H19N3O3/c1-13-5-4-6-15(9-13)23(3)19(25)12-24-20-16-10-14(2)7-8-18(16)27-21(26)17(20)11-22-24/h4-11H,12H2,1-3H3. The third-order valence-electron chi connectivity index (χ3n) is 4.70. The Hall–Kier alpha value is -3.41. The van der Waals surface area contributed by atoms with Crippen molar-refractivity contribution < 1.29 is 9.21 Å². The van der Waals surface area contributed by atoms with Crippen LogP contribution in [0.4, 0.5) is 5.69 Å². The molecule has 27 heavy (non-hydrogen) atoms. The highest BCUT2D eigenvalue weighted by molar-refractivity contribution is 6.03. The Kier molecular flexibility index (Phi) is 4.03. The van der Waals surface area contributed by atoms with Gasteiger partial charge in [0.1, 0.15) is 17.5 Å². The number of likely N-dealkylation sites (N-methyl/N-ethyl adjacent to an activating group) is 1. The van der Waals surface area contributed by atoms with E-state index in [1.54, 1.807) is 22.7 Å². The summed E-state index contributed by atoms with van der Waals surface area (Å²) in [6.07, 6.45) is 1.46. The lowest BCUT2D eigenvalue weighted by molar-refractivity contribution is -0.119. The summed E-state index contributed by atoms with van der Waals surface area (Å²) in [5.41, 5.74) is 3.59. The fraction of sp³-hybridized carbons (Fsp3) is 0.190. The molecule has 136 valence electrons. The maximum Gasteiger partial charge on any atom is 0.347 e. The summed E-state index contributed by atoms with van der Waals surface area (Å²) in [4.78, 5) is 26.7. The normalized spacial score (nSPS) is 11.2. The number of aromatic nitrogens is 2. The van der Waals surface area contributed by atoms with Crippen molar-refractivity contribution >= 4 is 33.5 Å². The van der Waals surface area contributed by atoms with E-state index >= 15 is 0 Å². The molecule has 2 heterocycles. The lowest BCUT2D eigenvalue weighted by Crippen LogP contribution is -2.30. The van der Waals surface area contributed by atoms with E-state index in [9.17, 15) is 9.59 Å². The summed E-state index contributed by atoms with van der Waals surface area (Å²) in [6, 6.07) is 13.3. The Morgan fingerprint density at radius 3 is 2.67 bits per heavy atom. The molecule has 0 fully saturated rings. The first-order valence-electron chi connectivity index (χ1n) is 8.66. The number of benzene rings is 2. The molecule has 0 bridgehead atoms. The van der Waals surface area contributed by atoms with Crippen LogP contribution in [0.15, 0.2) is 57.9 Å². The molecule has 0 saturated carbocycles. The van der Waals surface area contributed by atoms with Crippen LogP contribution < -0.4 is 10.5 Å². The number of fused-ring (bicyclic) bond motifs is 3. The van der Waals surface area contributed by atoms with Crippen LogP contribution in [-0.4, -0.2) is 22.7 Å². The highest BCUT2D eigenvalue weighted by Gasteiger charge is 2.18. The molecule has 0 aliphatic carbocycles. The van der Waals surface area contributed by atoms with E-state index in [-0.39, 0.29) is 12.5 Å². The molecule has 2 aromatic heterocycles. The lowest BCUT2D eigenvalue weighted by atomic mass is 10.1. The predicted molar refractivity (Wildman–Crippen MR) is 105 cm³/mol. The topological polar surface area (TPSA) is 68.3 Å². The second-order valence-corrected chi connectivity index (χ2v) is 6.75. The number of hydrogen-bond donors (Lipinski definition) is 0. The van der Waals surface area contributed by atoms with Gasteiger partial charge in [0.2, 0.25) is 5.91 Å². The first kappa shape index (κ1) is 17.0. The average Bonchev–Trinajstić information content (AvgIpc) is 3.06. The number of hydrogen-bond acceptors (Lipinski definition) is 4. The van der Waals surface area contributed by atoms with E-state index in [2.05, 4.69) is 5.10 Å². The minimum absolute atomic E-state index is 0.0282. The average molecular weight is 361 g/mol. The largest absolute Gasteiger partial charge is 0.422 e. The van der Waals surface area contributed by atoms with Gasteiger partial charge in [-0.2, -0.15) is 5.10 Å². The van der Waals surface area contributed by atoms with Crippen LogP contribution >= 0.6 is 0 Å². The summed E-state index contributed by atoms with van der Waals surface area (Å²) < 4.78 is 6.95. The highest BCUT2D eigenvalue weighted by atomic mass is 16.4. The number of nitrogens with zero attached hydrogens (tertiary/aromatic N) is 3. The molecule has 0 saturated heterocycles. The minimum Gasteiger partial charge on any atom is -0.422 e. The van der Waals surface area contributed by atoms with Crippen LogP contribution in [0.25, 0.3) is 21.9 Å². The van der Waals surface area contributed by atoms with Crippen LogP contribution in [0.2, 0.25) is 0 Å². The van der Waals surface area contributed by atoms with Gasteiger partial charge in [-0.25, -0.2) is 4.79 Å². The number of anilines is 1. The van der Waals surface area contributed by atoms with E-state index in [0.29, 0.717) is 16.5 Å². The second kappa shape index (κ2) is 6.39. The molecule has 6 heteroatoms. The Balaban J connectivity index is 1.78. The highest BCUT2D eigenvalue weighted by Crippen LogP contribution is 2.24. The summed E-state index contributed by atoms with van der Waals surface area (Å²) in [7, 11) is 1.74. The summed E-state index contributed by atoms with van der Waals surface area (Å²) in [5.74, 6) is -0.125. The molecular formula is C21H19N3O3. The van der Waals surface area contributed by atoms with Gasteiger partial charge in [-0.1, -0.05) is 23.8 Å². The Morgan fingerprint density at radius 1 is 1.11 bits per heavy atom. The zero-order chi connectivity index (χ0) is 19.1. The van der Waals surface area contributed by atoms with E-state index in [1.807, 2.05) is 50.2 Å². The van der Waals surface area contributed by atoms with Crippen LogP contribution in [-0.2, 0) is 11.3 Å². The third kappa shape index (κ3) is 2.99. The van der Waals surface area contributed by atoms with Crippen molar-refractivity contribution in [3.05, 3.63) is 70.2 Å². The molecule has 0 atom stereocenters. The van der Waals surface area contributed by atoms with Crippen molar-refractivity contribution in [2.45, 2.75) is 20.4 Å². The monoisotopic (exact) mass is 361 g/mol. The Labute approximate surface area is 155 Å². The molecule has 0 aliphatic rings. The fourth-order valence-electron chi connectivity index (χ4n) is 3.23. The summed E-state index contributed by atoms with van der Waals surface area (Å²) in [6.45, 7) is 3.98. The molecular weight excluding hydrogens is 342 g/mol. The summed E-state index contributed by atoms with van der Waals surface area (Å²) >= 11 is 0. The Bertz CT molecular complexity index is 1240. The van der Waals surface area contributed by atoms with Crippen molar-refractivity contribution in [1.29, 1.82) is 0 Å². The van der Waals surface area contributed by atoms with Crippen molar-refractivity contribution in [2.24, 2.45) is 0 Å². The Morgan fingerprint density at radius 2 is 1.89 bits per heavy atom. The van der Waals surface area contributed by atoms with Crippen molar-refractivity contribution in [1.82, 2.24) is 9.78 Å². The van der Waals surface area contributed by atoms with Gasteiger partial charge in [0.25, 0.3) is 0 Å². The number of carbonyl (C=O) groups is 1. The summed E-state index contributed by atoms with van der Waals surface area (Å²) in [5, 5.41) is 5.42.